The molecular weight excluding hydrogens is 596 g/mol. The van der Waals surface area contributed by atoms with E-state index in [1.54, 1.807) is 0 Å². The monoisotopic (exact) mass is 648 g/mol. The minimum atomic E-state index is -1.79. The Labute approximate surface area is 261 Å². The summed E-state index contributed by atoms with van der Waals surface area (Å²) < 4.78 is 24.2. The van der Waals surface area contributed by atoms with Crippen LogP contribution in [0, 0.1) is 5.92 Å². The molecule has 2 aliphatic carbocycles. The van der Waals surface area contributed by atoms with E-state index in [4.69, 9.17) is 53.3 Å². The van der Waals surface area contributed by atoms with Crippen LogP contribution in [0.1, 0.15) is 38.5 Å². The van der Waals surface area contributed by atoms with Crippen LogP contribution >= 0.6 is 0 Å². The predicted molar refractivity (Wildman–Crippen MR) is 159 cm³/mol. The van der Waals surface area contributed by atoms with Gasteiger partial charge in [-0.25, -0.2) is 4.99 Å². The molecule has 0 aromatic carbocycles. The fourth-order valence-electron chi connectivity index (χ4n) is 6.47. The molecule has 0 radical (unpaired) electrons. The number of nitrogens with zero attached hydrogens (tertiary/aromatic N) is 1. The van der Waals surface area contributed by atoms with Crippen molar-refractivity contribution in [1.29, 1.82) is 0 Å². The highest BCUT2D eigenvalue weighted by atomic mass is 16.7. The van der Waals surface area contributed by atoms with Crippen molar-refractivity contribution in [3.8, 4) is 0 Å². The molecule has 18 heteroatoms. The summed E-state index contributed by atoms with van der Waals surface area (Å²) in [5.74, 6) is -1.63. The number of ether oxygens (including phenoxy) is 4. The molecule has 260 valence electrons. The highest BCUT2D eigenvalue weighted by Gasteiger charge is 2.60. The smallest absolute Gasteiger partial charge is 0.186 e. The Hall–Kier alpha value is -1.62. The molecule has 0 spiro atoms. The molecule has 0 amide bonds. The Morgan fingerprint density at radius 1 is 1.00 bits per heavy atom. The van der Waals surface area contributed by atoms with Crippen molar-refractivity contribution in [1.82, 2.24) is 5.32 Å². The molecule has 18 nitrogen and oxygen atoms in total. The average molecular weight is 649 g/mol. The number of carbonyl (C=O) groups excluding carboxylic acids is 1. The van der Waals surface area contributed by atoms with Crippen LogP contribution in [0.5, 0.6) is 0 Å². The Morgan fingerprint density at radius 3 is 2.36 bits per heavy atom. The first-order valence-corrected chi connectivity index (χ1v) is 15.6. The van der Waals surface area contributed by atoms with Crippen molar-refractivity contribution in [2.45, 2.75) is 124 Å². The van der Waals surface area contributed by atoms with Gasteiger partial charge in [0.05, 0.1) is 36.9 Å². The van der Waals surface area contributed by atoms with Gasteiger partial charge in [-0.3, -0.25) is 4.79 Å². The van der Waals surface area contributed by atoms with Gasteiger partial charge in [0, 0.05) is 25.4 Å². The van der Waals surface area contributed by atoms with Gasteiger partial charge in [0.25, 0.3) is 0 Å². The fraction of sp³-hybridized carbons (Fsp3) is 0.926. The highest BCUT2D eigenvalue weighted by Crippen LogP contribution is 2.43. The zero-order valence-corrected chi connectivity index (χ0v) is 25.3. The number of hydrogen-bond acceptors (Lipinski definition) is 16. The van der Waals surface area contributed by atoms with E-state index in [1.807, 2.05) is 0 Å². The molecule has 2 heterocycles. The predicted octanol–water partition coefficient (Wildman–Crippen LogP) is -6.26. The van der Waals surface area contributed by atoms with Gasteiger partial charge in [-0.1, -0.05) is 0 Å². The quantitative estimate of drug-likeness (QED) is 0.0473. The van der Waals surface area contributed by atoms with Gasteiger partial charge in [-0.2, -0.15) is 0 Å². The van der Waals surface area contributed by atoms with Gasteiger partial charge in [-0.15, -0.1) is 0 Å². The maximum Gasteiger partial charge on any atom is 0.186 e. The first-order valence-electron chi connectivity index (χ1n) is 15.6. The van der Waals surface area contributed by atoms with Crippen LogP contribution in [0.25, 0.3) is 0 Å². The van der Waals surface area contributed by atoms with Crippen molar-refractivity contribution < 1.29 is 49.3 Å². The topological polar surface area (TPSA) is 336 Å². The molecule has 4 rings (SSSR count). The van der Waals surface area contributed by atoms with E-state index in [0.29, 0.717) is 25.9 Å². The van der Waals surface area contributed by atoms with Gasteiger partial charge >= 0.3 is 0 Å². The van der Waals surface area contributed by atoms with Crippen LogP contribution in [-0.2, 0) is 23.7 Å². The highest BCUT2D eigenvalue weighted by molar-refractivity contribution is 5.92. The number of hydrogen-bond donors (Lipinski definition) is 12. The Morgan fingerprint density at radius 2 is 1.71 bits per heavy atom. The summed E-state index contributed by atoms with van der Waals surface area (Å²) in [6.45, 7) is 0.763. The average Bonchev–Trinajstić information content (AvgIpc) is 3.66. The van der Waals surface area contributed by atoms with Gasteiger partial charge < -0.3 is 84.2 Å². The second-order valence-electron chi connectivity index (χ2n) is 12.6. The molecule has 18 N–H and O–H groups in total. The second-order valence-corrected chi connectivity index (χ2v) is 12.6. The molecule has 2 aliphatic heterocycles. The van der Waals surface area contributed by atoms with Crippen LogP contribution < -0.4 is 39.7 Å². The zero-order valence-electron chi connectivity index (χ0n) is 25.3. The molecule has 15 atom stereocenters. The molecular formula is C27H52N8O10. The van der Waals surface area contributed by atoms with Crippen molar-refractivity contribution in [2.75, 3.05) is 26.2 Å². The lowest BCUT2D eigenvalue weighted by atomic mass is 9.76. The Balaban J connectivity index is 1.56. The third kappa shape index (κ3) is 8.28. The molecule has 45 heavy (non-hydrogen) atoms. The van der Waals surface area contributed by atoms with Crippen molar-refractivity contribution in [3.05, 3.63) is 0 Å². The number of carbonyl (C=O) groups is 1. The van der Waals surface area contributed by atoms with Crippen LogP contribution in [0.3, 0.4) is 0 Å². The number of aliphatic hydroxyl groups is 5. The number of aliphatic hydroxyl groups excluding tert-OH is 4. The molecule has 2 saturated carbocycles. The minimum Gasteiger partial charge on any atom is -0.394 e. The van der Waals surface area contributed by atoms with Crippen LogP contribution in [-0.4, -0.2) is 149 Å². The maximum absolute atomic E-state index is 13.3. The van der Waals surface area contributed by atoms with E-state index in [9.17, 15) is 30.3 Å². The lowest BCUT2D eigenvalue weighted by Gasteiger charge is -2.48. The van der Waals surface area contributed by atoms with Crippen molar-refractivity contribution in [3.63, 3.8) is 0 Å². The van der Waals surface area contributed by atoms with E-state index in [0.717, 1.165) is 6.42 Å². The van der Waals surface area contributed by atoms with Crippen LogP contribution in [0.4, 0.5) is 0 Å². The SMILES string of the molecule is NCCCN[C@@H]1CC[C@@H](CN)O[C@@H]1OC1[C@@H](N)C[C@@H](CC(=O)C2(O)CC2N=C(N)N)[C@H](O[C@H]2O[C@H](CO)[C@@H](O)[C@H](N)[C@H]2O)[C@H]1O. The molecule has 2 saturated heterocycles. The molecule has 4 aliphatic rings. The van der Waals surface area contributed by atoms with E-state index < -0.39 is 91.2 Å². The number of nitrogens with one attached hydrogen (secondary N) is 1. The number of nitrogens with two attached hydrogens (primary N) is 6. The molecule has 4 fully saturated rings. The molecule has 0 aromatic rings. The van der Waals surface area contributed by atoms with Gasteiger partial charge in [0.1, 0.15) is 36.1 Å². The minimum absolute atomic E-state index is 0.0254. The number of Topliss-reactive ketones (excluding diaryl/α,β-unsaturated/α-hetero) is 1. The molecule has 0 aromatic heterocycles. The van der Waals surface area contributed by atoms with Crippen LogP contribution in [0.15, 0.2) is 4.99 Å². The number of guanidine groups is 1. The van der Waals surface area contributed by atoms with E-state index in [1.165, 1.54) is 0 Å². The third-order valence-electron chi connectivity index (χ3n) is 9.29. The lowest BCUT2D eigenvalue weighted by Crippen LogP contribution is -2.66. The van der Waals surface area contributed by atoms with E-state index in [2.05, 4.69) is 10.3 Å². The zero-order chi connectivity index (χ0) is 33.1. The lowest BCUT2D eigenvalue weighted by molar-refractivity contribution is -0.318. The first kappa shape index (κ1) is 36.2. The molecule has 0 bridgehead atoms. The largest absolute Gasteiger partial charge is 0.394 e. The van der Waals surface area contributed by atoms with Gasteiger partial charge in [0.15, 0.2) is 24.3 Å². The van der Waals surface area contributed by atoms with Crippen molar-refractivity contribution in [2.24, 2.45) is 45.3 Å². The number of rotatable bonds is 14. The summed E-state index contributed by atoms with van der Waals surface area (Å²) in [4.78, 5) is 17.2. The van der Waals surface area contributed by atoms with Crippen LogP contribution in [0.2, 0.25) is 0 Å². The Bertz CT molecular complexity index is 1010. The van der Waals surface area contributed by atoms with E-state index in [-0.39, 0.29) is 43.9 Å². The summed E-state index contributed by atoms with van der Waals surface area (Å²) in [5, 5.41) is 56.8. The first-order chi connectivity index (χ1) is 21.3. The fourth-order valence-corrected chi connectivity index (χ4v) is 6.47. The summed E-state index contributed by atoms with van der Waals surface area (Å²) >= 11 is 0. The summed E-state index contributed by atoms with van der Waals surface area (Å²) in [6, 6.07) is -3.10. The Kier molecular flexibility index (Phi) is 12.5. The summed E-state index contributed by atoms with van der Waals surface area (Å²) in [6.07, 6.45) is -8.54. The number of aliphatic imine (C=N–C) groups is 1. The van der Waals surface area contributed by atoms with Crippen molar-refractivity contribution >= 4 is 11.7 Å². The van der Waals surface area contributed by atoms with Gasteiger partial charge in [0.2, 0.25) is 0 Å². The maximum atomic E-state index is 13.3. The van der Waals surface area contributed by atoms with E-state index >= 15 is 0 Å². The standard InChI is InChI=1S/C27H52N8O10/c28-4-1-5-34-14-3-2-12(9-29)42-24(14)45-23-13(30)6-11(7-17(37)27(41)8-16(27)35-26(32)33)22(21(23)40)44-25-20(39)18(31)19(38)15(10-36)43-25/h11-16,18-25,34,36,38-41H,1-10,28-31H2,(H4,32,33,35)/t11-,12-,13-,14+,15+,16?,18-,19+,20+,21+,22-,23?,24+,25+,27?/m0/s1. The van der Waals surface area contributed by atoms with Gasteiger partial charge in [-0.05, 0) is 44.7 Å². The third-order valence-corrected chi connectivity index (χ3v) is 9.29. The summed E-state index contributed by atoms with van der Waals surface area (Å²) in [5.41, 5.74) is 33.1. The normalized spacial score (nSPS) is 45.2. The molecule has 3 unspecified atom stereocenters. The summed E-state index contributed by atoms with van der Waals surface area (Å²) in [7, 11) is 0. The second kappa shape index (κ2) is 15.5. The number of ketones is 1.